The molecule has 4 aromatic heterocycles. The summed E-state index contributed by atoms with van der Waals surface area (Å²) in [4.78, 5) is 17.4. The van der Waals surface area contributed by atoms with E-state index in [2.05, 4.69) is 68.5 Å². The van der Waals surface area contributed by atoms with E-state index in [1.54, 1.807) is 24.8 Å². The third-order valence-electron chi connectivity index (χ3n) is 4.69. The van der Waals surface area contributed by atoms with Gasteiger partial charge in [-0.1, -0.05) is 48.5 Å². The van der Waals surface area contributed by atoms with E-state index in [4.69, 9.17) is 0 Å². The predicted molar refractivity (Wildman–Crippen MR) is 120 cm³/mol. The zero-order valence-electron chi connectivity index (χ0n) is 15.7. The van der Waals surface area contributed by atoms with E-state index < -0.39 is 0 Å². The first-order valence-electron chi connectivity index (χ1n) is 9.07. The van der Waals surface area contributed by atoms with Crippen molar-refractivity contribution in [1.29, 1.82) is 0 Å². The SMILES string of the molecule is [Sr].c1cnc2c(c1)ccc1cccnc12.c1cnc2c(c1)ccc1cccnc12. The van der Waals surface area contributed by atoms with E-state index in [1.165, 1.54) is 0 Å². The summed E-state index contributed by atoms with van der Waals surface area (Å²) in [5.74, 6) is 0. The molecule has 0 bridgehead atoms. The van der Waals surface area contributed by atoms with Crippen LogP contribution in [0.25, 0.3) is 43.6 Å². The summed E-state index contributed by atoms with van der Waals surface area (Å²) in [6.45, 7) is 0. The molecule has 4 nitrogen and oxygen atoms in total. The smallest absolute Gasteiger partial charge is 0.0964 e. The Morgan fingerprint density at radius 2 is 0.586 bits per heavy atom. The number of aromatic nitrogens is 4. The molecule has 4 heterocycles. The van der Waals surface area contributed by atoms with Crippen molar-refractivity contribution in [3.63, 3.8) is 0 Å². The van der Waals surface area contributed by atoms with E-state index in [1.807, 2.05) is 24.3 Å². The van der Waals surface area contributed by atoms with Crippen molar-refractivity contribution in [2.45, 2.75) is 0 Å². The van der Waals surface area contributed by atoms with Gasteiger partial charge in [-0.25, -0.2) is 0 Å². The summed E-state index contributed by atoms with van der Waals surface area (Å²) < 4.78 is 0. The fourth-order valence-corrected chi connectivity index (χ4v) is 3.36. The van der Waals surface area contributed by atoms with Crippen LogP contribution in [0.15, 0.2) is 97.6 Å². The van der Waals surface area contributed by atoms with Crippen molar-refractivity contribution in [3.05, 3.63) is 97.6 Å². The van der Waals surface area contributed by atoms with Crippen molar-refractivity contribution in [2.24, 2.45) is 0 Å². The van der Waals surface area contributed by atoms with E-state index in [9.17, 15) is 0 Å². The van der Waals surface area contributed by atoms with Crippen molar-refractivity contribution < 1.29 is 0 Å². The Labute approximate surface area is 204 Å². The second-order valence-electron chi connectivity index (χ2n) is 6.43. The van der Waals surface area contributed by atoms with Crippen LogP contribution < -0.4 is 0 Å². The molecule has 0 unspecified atom stereocenters. The molecule has 5 heteroatoms. The van der Waals surface area contributed by atoms with Gasteiger partial charge in [-0.2, -0.15) is 0 Å². The Morgan fingerprint density at radius 1 is 0.345 bits per heavy atom. The van der Waals surface area contributed by atoms with Crippen LogP contribution >= 0.6 is 0 Å². The Bertz CT molecular complexity index is 1210. The van der Waals surface area contributed by atoms with Crippen molar-refractivity contribution in [1.82, 2.24) is 19.9 Å². The minimum atomic E-state index is 0. The fourth-order valence-electron chi connectivity index (χ4n) is 3.36. The molecule has 2 aromatic carbocycles. The average Bonchev–Trinajstić information content (AvgIpc) is 2.79. The van der Waals surface area contributed by atoms with E-state index in [0.717, 1.165) is 43.6 Å². The second kappa shape index (κ2) is 8.93. The van der Waals surface area contributed by atoms with Gasteiger partial charge in [0.05, 0.1) is 22.1 Å². The molecule has 0 amide bonds. The molecule has 0 saturated heterocycles. The maximum Gasteiger partial charge on any atom is 0.0964 e. The van der Waals surface area contributed by atoms with Crippen molar-refractivity contribution in [2.75, 3.05) is 0 Å². The molecular formula is C24H16N4Sr. The molecule has 0 spiro atoms. The largest absolute Gasteiger partial charge is 0.254 e. The molecule has 0 N–H and O–H groups in total. The van der Waals surface area contributed by atoms with Gasteiger partial charge in [0.25, 0.3) is 0 Å². The van der Waals surface area contributed by atoms with Gasteiger partial charge in [-0.3, -0.25) is 19.9 Å². The van der Waals surface area contributed by atoms with Crippen molar-refractivity contribution in [3.8, 4) is 0 Å². The Hall–Kier alpha value is -2.44. The van der Waals surface area contributed by atoms with Crippen molar-refractivity contribution >= 4 is 89.1 Å². The Morgan fingerprint density at radius 3 is 0.828 bits per heavy atom. The van der Waals surface area contributed by atoms with Crippen LogP contribution in [0.5, 0.6) is 0 Å². The van der Waals surface area contributed by atoms with Gasteiger partial charge in [0.2, 0.25) is 0 Å². The molecule has 6 rings (SSSR count). The molecule has 0 aliphatic heterocycles. The zero-order valence-corrected chi connectivity index (χ0v) is 19.2. The van der Waals surface area contributed by atoms with Gasteiger partial charge in [0.15, 0.2) is 0 Å². The molecule has 0 aliphatic rings. The standard InChI is InChI=1S/2C12H8N2.Sr/c2*1-3-9-5-6-10-4-2-8-14-12(10)11(9)13-7-1;/h2*1-8H;. The summed E-state index contributed by atoms with van der Waals surface area (Å²) >= 11 is 0. The molecule has 0 fully saturated rings. The van der Waals surface area contributed by atoms with Crippen LogP contribution in [0.4, 0.5) is 0 Å². The number of hydrogen-bond acceptors (Lipinski definition) is 4. The van der Waals surface area contributed by atoms with E-state index >= 15 is 0 Å². The van der Waals surface area contributed by atoms with Crippen LogP contribution in [-0.4, -0.2) is 65.4 Å². The minimum Gasteiger partial charge on any atom is -0.254 e. The first-order chi connectivity index (χ1) is 13.9. The summed E-state index contributed by atoms with van der Waals surface area (Å²) in [7, 11) is 0. The summed E-state index contributed by atoms with van der Waals surface area (Å²) in [6.07, 6.45) is 7.21. The number of hydrogen-bond donors (Lipinski definition) is 0. The molecule has 29 heavy (non-hydrogen) atoms. The predicted octanol–water partition coefficient (Wildman–Crippen LogP) is 5.19. The molecule has 134 valence electrons. The Kier molecular flexibility index (Phi) is 6.11. The maximum atomic E-state index is 4.35. The van der Waals surface area contributed by atoms with Gasteiger partial charge in [0, 0.05) is 91.8 Å². The molecule has 0 saturated carbocycles. The van der Waals surface area contributed by atoms with E-state index in [-0.39, 0.29) is 45.5 Å². The second-order valence-corrected chi connectivity index (χ2v) is 6.43. The number of benzene rings is 2. The summed E-state index contributed by atoms with van der Waals surface area (Å²) in [6, 6.07) is 24.3. The average molecular weight is 448 g/mol. The van der Waals surface area contributed by atoms with Crippen LogP contribution in [0.1, 0.15) is 0 Å². The first kappa shape index (κ1) is 19.9. The zero-order chi connectivity index (χ0) is 18.8. The van der Waals surface area contributed by atoms with Crippen LogP contribution in [-0.2, 0) is 0 Å². The summed E-state index contributed by atoms with van der Waals surface area (Å²) in [5, 5.41) is 4.55. The van der Waals surface area contributed by atoms with Crippen LogP contribution in [0.3, 0.4) is 0 Å². The number of rotatable bonds is 0. The van der Waals surface area contributed by atoms with Gasteiger partial charge < -0.3 is 0 Å². The molecule has 2 radical (unpaired) electrons. The normalized spacial score (nSPS) is 10.5. The van der Waals surface area contributed by atoms with Crippen LogP contribution in [0.2, 0.25) is 0 Å². The topological polar surface area (TPSA) is 51.6 Å². The Balaban J connectivity index is 0.000000137. The third kappa shape index (κ3) is 4.00. The molecular weight excluding hydrogens is 432 g/mol. The quantitative estimate of drug-likeness (QED) is 0.237. The monoisotopic (exact) mass is 448 g/mol. The third-order valence-corrected chi connectivity index (χ3v) is 4.69. The van der Waals surface area contributed by atoms with Gasteiger partial charge >= 0.3 is 0 Å². The van der Waals surface area contributed by atoms with Crippen LogP contribution in [0, 0.1) is 0 Å². The first-order valence-corrected chi connectivity index (χ1v) is 9.07. The van der Waals surface area contributed by atoms with Gasteiger partial charge in [-0.15, -0.1) is 0 Å². The maximum absolute atomic E-state index is 4.35. The number of fused-ring (bicyclic) bond motifs is 6. The minimum absolute atomic E-state index is 0. The number of pyridine rings is 4. The van der Waals surface area contributed by atoms with E-state index in [0.29, 0.717) is 0 Å². The number of nitrogens with zero attached hydrogens (tertiary/aromatic N) is 4. The molecule has 6 aromatic rings. The van der Waals surface area contributed by atoms with Gasteiger partial charge in [0.1, 0.15) is 0 Å². The fraction of sp³-hybridized carbons (Fsp3) is 0. The molecule has 0 atom stereocenters. The molecule has 0 aliphatic carbocycles. The van der Waals surface area contributed by atoms with Gasteiger partial charge in [-0.05, 0) is 24.3 Å². The summed E-state index contributed by atoms with van der Waals surface area (Å²) in [5.41, 5.74) is 3.91.